The molecule has 0 bridgehead atoms. The maximum atomic E-state index is 12.1. The third-order valence-corrected chi connectivity index (χ3v) is 9.73. The second-order valence-corrected chi connectivity index (χ2v) is 13.0. The molecule has 1 fully saturated rings. The summed E-state index contributed by atoms with van der Waals surface area (Å²) >= 11 is 0. The van der Waals surface area contributed by atoms with Gasteiger partial charge in [-0.2, -0.15) is 0 Å². The lowest BCUT2D eigenvalue weighted by Gasteiger charge is -2.52. The van der Waals surface area contributed by atoms with E-state index in [1.54, 1.807) is 6.07 Å². The average Bonchev–Trinajstić information content (AvgIpc) is 2.82. The van der Waals surface area contributed by atoms with Crippen molar-refractivity contribution in [1.82, 2.24) is 0 Å². The number of aromatic hydroxyl groups is 1. The maximum absolute atomic E-state index is 12.1. The molecule has 6 heteroatoms. The van der Waals surface area contributed by atoms with Crippen molar-refractivity contribution in [3.63, 3.8) is 0 Å². The Labute approximate surface area is 218 Å². The zero-order valence-electron chi connectivity index (χ0n) is 24.2. The zero-order valence-corrected chi connectivity index (χ0v) is 24.2. The zero-order chi connectivity index (χ0) is 27.5. The van der Waals surface area contributed by atoms with Crippen LogP contribution < -0.4 is 0 Å². The van der Waals surface area contributed by atoms with Crippen molar-refractivity contribution in [3.05, 3.63) is 29.3 Å². The van der Waals surface area contributed by atoms with Crippen molar-refractivity contribution < 1.29 is 29.2 Å². The van der Waals surface area contributed by atoms with Crippen molar-refractivity contribution in [3.8, 4) is 5.75 Å². The van der Waals surface area contributed by atoms with Gasteiger partial charge in [0.15, 0.2) is 6.29 Å². The van der Waals surface area contributed by atoms with E-state index in [1.807, 2.05) is 0 Å². The van der Waals surface area contributed by atoms with Gasteiger partial charge >= 0.3 is 5.97 Å². The highest BCUT2D eigenvalue weighted by Crippen LogP contribution is 2.53. The van der Waals surface area contributed by atoms with E-state index in [-0.39, 0.29) is 46.2 Å². The number of aliphatic hydroxyl groups excluding tert-OH is 1. The minimum atomic E-state index is -0.770. The molecule has 1 aliphatic heterocycles. The van der Waals surface area contributed by atoms with E-state index in [2.05, 4.69) is 62.3 Å². The minimum absolute atomic E-state index is 0.0232. The molecule has 206 valence electrons. The third kappa shape index (κ3) is 6.43. The molecule has 1 aromatic rings. The molecule has 2 rings (SSSR count). The van der Waals surface area contributed by atoms with Gasteiger partial charge in [-0.15, -0.1) is 0 Å². The fourth-order valence-electron chi connectivity index (χ4n) is 4.91. The number of rotatable bonds is 11. The fraction of sp³-hybridized carbons (Fsp3) is 0.767. The second kappa shape index (κ2) is 11.4. The van der Waals surface area contributed by atoms with Crippen LogP contribution in [0.2, 0.25) is 0 Å². The Morgan fingerprint density at radius 3 is 2.11 bits per heavy atom. The van der Waals surface area contributed by atoms with Crippen LogP contribution in [0.4, 0.5) is 0 Å². The van der Waals surface area contributed by atoms with Gasteiger partial charge in [0.05, 0.1) is 30.4 Å². The summed E-state index contributed by atoms with van der Waals surface area (Å²) in [5.74, 6) is -0.433. The summed E-state index contributed by atoms with van der Waals surface area (Å²) in [6.07, 6.45) is 3.51. The molecule has 1 aliphatic rings. The second-order valence-electron chi connectivity index (χ2n) is 13.0. The summed E-state index contributed by atoms with van der Waals surface area (Å²) in [7, 11) is 1.34. The summed E-state index contributed by atoms with van der Waals surface area (Å²) < 4.78 is 17.7. The molecule has 3 unspecified atom stereocenters. The largest absolute Gasteiger partial charge is 0.507 e. The Kier molecular flexibility index (Phi) is 9.69. The van der Waals surface area contributed by atoms with Gasteiger partial charge in [-0.3, -0.25) is 0 Å². The number of aliphatic hydroxyl groups is 1. The molecule has 0 aliphatic carbocycles. The van der Waals surface area contributed by atoms with Crippen LogP contribution >= 0.6 is 0 Å². The lowest BCUT2D eigenvalue weighted by atomic mass is 9.57. The van der Waals surface area contributed by atoms with Crippen LogP contribution in [-0.4, -0.2) is 42.1 Å². The lowest BCUT2D eigenvalue weighted by Crippen LogP contribution is -2.49. The van der Waals surface area contributed by atoms with Gasteiger partial charge in [-0.25, -0.2) is 4.79 Å². The molecule has 36 heavy (non-hydrogen) atoms. The van der Waals surface area contributed by atoms with Crippen LogP contribution in [0.5, 0.6) is 5.75 Å². The van der Waals surface area contributed by atoms with Crippen LogP contribution in [0, 0.1) is 21.7 Å². The quantitative estimate of drug-likeness (QED) is 0.313. The molecular formula is C30H50O6. The van der Waals surface area contributed by atoms with E-state index in [0.29, 0.717) is 11.1 Å². The first-order valence-corrected chi connectivity index (χ1v) is 13.4. The van der Waals surface area contributed by atoms with E-state index in [9.17, 15) is 15.0 Å². The number of phenolic OH excluding ortho intramolecular Hbond substituents is 1. The van der Waals surface area contributed by atoms with E-state index in [4.69, 9.17) is 14.2 Å². The van der Waals surface area contributed by atoms with Crippen molar-refractivity contribution in [1.29, 1.82) is 0 Å². The van der Waals surface area contributed by atoms with Gasteiger partial charge in [-0.05, 0) is 65.5 Å². The summed E-state index contributed by atoms with van der Waals surface area (Å²) in [6.45, 7) is 20.5. The molecule has 6 nitrogen and oxygen atoms in total. The summed E-state index contributed by atoms with van der Waals surface area (Å²) in [4.78, 5) is 12.1. The van der Waals surface area contributed by atoms with Gasteiger partial charge in [0.1, 0.15) is 5.75 Å². The van der Waals surface area contributed by atoms with Crippen molar-refractivity contribution in [2.45, 2.75) is 113 Å². The highest BCUT2D eigenvalue weighted by Gasteiger charge is 2.49. The van der Waals surface area contributed by atoms with E-state index in [1.165, 1.54) is 19.2 Å². The molecule has 0 aromatic heterocycles. The minimum Gasteiger partial charge on any atom is -0.507 e. The van der Waals surface area contributed by atoms with Gasteiger partial charge in [0.2, 0.25) is 0 Å². The number of carbonyl (C=O) groups is 1. The smallest absolute Gasteiger partial charge is 0.337 e. The third-order valence-electron chi connectivity index (χ3n) is 9.73. The molecule has 3 atom stereocenters. The lowest BCUT2D eigenvalue weighted by molar-refractivity contribution is -0.280. The van der Waals surface area contributed by atoms with Crippen LogP contribution in [0.15, 0.2) is 18.2 Å². The summed E-state index contributed by atoms with van der Waals surface area (Å²) in [6, 6.07) is 4.63. The standard InChI is InChI=1S/C30H50O6/c1-11-21-19-24(36-26(35-21)22-18-20(25(33)34-10)12-13-23(22)32)30(8,9)29(6,7)15-14-27(2,3)28(4,5)16-17-31/h12-13,18,21,24,26,31-32H,11,14-17,19H2,1-10H3. The number of methoxy groups -OCH3 is 1. The first kappa shape index (κ1) is 30.6. The summed E-state index contributed by atoms with van der Waals surface area (Å²) in [5, 5.41) is 20.2. The van der Waals surface area contributed by atoms with Gasteiger partial charge in [0.25, 0.3) is 0 Å². The molecule has 1 saturated heterocycles. The van der Waals surface area contributed by atoms with Crippen LogP contribution in [-0.2, 0) is 14.2 Å². The van der Waals surface area contributed by atoms with Crippen LogP contribution in [0.3, 0.4) is 0 Å². The van der Waals surface area contributed by atoms with Crippen molar-refractivity contribution >= 4 is 5.97 Å². The van der Waals surface area contributed by atoms with Crippen molar-refractivity contribution in [2.24, 2.45) is 21.7 Å². The number of esters is 1. The Bertz CT molecular complexity index is 885. The average molecular weight is 507 g/mol. The number of carbonyl (C=O) groups excluding carboxylic acids is 1. The van der Waals surface area contributed by atoms with Crippen LogP contribution in [0.25, 0.3) is 0 Å². The number of hydrogen-bond donors (Lipinski definition) is 2. The molecule has 0 amide bonds. The van der Waals surface area contributed by atoms with E-state index < -0.39 is 12.3 Å². The van der Waals surface area contributed by atoms with Gasteiger partial charge in [0, 0.05) is 13.0 Å². The Balaban J connectivity index is 2.31. The SMILES string of the molecule is CCC1CC(C(C)(C)C(C)(C)CCC(C)(C)C(C)(C)CCO)OC(c2cc(C(=O)OC)ccc2O)O1. The number of benzene rings is 1. The number of hydrogen-bond acceptors (Lipinski definition) is 6. The molecule has 0 radical (unpaired) electrons. The first-order valence-electron chi connectivity index (χ1n) is 13.4. The molecule has 0 spiro atoms. The predicted molar refractivity (Wildman–Crippen MR) is 143 cm³/mol. The summed E-state index contributed by atoms with van der Waals surface area (Å²) in [5.41, 5.74) is 0.628. The topological polar surface area (TPSA) is 85.2 Å². The van der Waals surface area contributed by atoms with Gasteiger partial charge in [-0.1, -0.05) is 62.3 Å². The maximum Gasteiger partial charge on any atom is 0.337 e. The van der Waals surface area contributed by atoms with E-state index in [0.717, 1.165) is 32.1 Å². The van der Waals surface area contributed by atoms with Gasteiger partial charge < -0.3 is 24.4 Å². The molecular weight excluding hydrogens is 456 g/mol. The number of phenols is 1. The normalized spacial score (nSPS) is 21.9. The Hall–Kier alpha value is -1.63. The molecule has 2 N–H and O–H groups in total. The monoisotopic (exact) mass is 506 g/mol. The Morgan fingerprint density at radius 2 is 1.56 bits per heavy atom. The molecule has 0 saturated carbocycles. The predicted octanol–water partition coefficient (Wildman–Crippen LogP) is 7.03. The van der Waals surface area contributed by atoms with Crippen molar-refractivity contribution in [2.75, 3.05) is 13.7 Å². The molecule has 1 aromatic carbocycles. The highest BCUT2D eigenvalue weighted by atomic mass is 16.7. The first-order chi connectivity index (χ1) is 16.5. The van der Waals surface area contributed by atoms with E-state index >= 15 is 0 Å². The molecule has 1 heterocycles. The Morgan fingerprint density at radius 1 is 0.972 bits per heavy atom. The number of ether oxygens (including phenoxy) is 3. The highest BCUT2D eigenvalue weighted by molar-refractivity contribution is 5.89. The van der Waals surface area contributed by atoms with Crippen LogP contribution in [0.1, 0.15) is 117 Å². The fourth-order valence-corrected chi connectivity index (χ4v) is 4.91.